The molecule has 0 saturated carbocycles. The summed E-state index contributed by atoms with van der Waals surface area (Å²) in [6.07, 6.45) is 2.51. The largest absolute Gasteiger partial charge is 0.462 e. The molecule has 0 spiro atoms. The number of para-hydroxylation sites is 1. The number of esters is 1. The molecular formula is C20H26N4O3. The summed E-state index contributed by atoms with van der Waals surface area (Å²) in [4.78, 5) is 30.9. The predicted octanol–water partition coefficient (Wildman–Crippen LogP) is 2.87. The van der Waals surface area contributed by atoms with Crippen LogP contribution in [0.4, 0.5) is 11.5 Å². The van der Waals surface area contributed by atoms with Gasteiger partial charge in [0, 0.05) is 12.7 Å². The Hall–Kier alpha value is -2.93. The number of ether oxygens (including phenoxy) is 1. The van der Waals surface area contributed by atoms with E-state index in [1.807, 2.05) is 14.1 Å². The van der Waals surface area contributed by atoms with Crippen LogP contribution in [0.15, 0.2) is 42.6 Å². The van der Waals surface area contributed by atoms with Crippen molar-refractivity contribution in [3.8, 4) is 0 Å². The molecule has 1 amide bonds. The van der Waals surface area contributed by atoms with Gasteiger partial charge in [-0.2, -0.15) is 0 Å². The summed E-state index contributed by atoms with van der Waals surface area (Å²) in [5, 5.41) is 5.97. The molecule has 144 valence electrons. The lowest BCUT2D eigenvalue weighted by Crippen LogP contribution is -2.17. The molecule has 0 saturated heterocycles. The highest BCUT2D eigenvalue weighted by molar-refractivity contribution is 6.07. The van der Waals surface area contributed by atoms with Crippen LogP contribution in [-0.4, -0.2) is 55.6 Å². The Morgan fingerprint density at radius 3 is 2.59 bits per heavy atom. The van der Waals surface area contributed by atoms with Crippen molar-refractivity contribution in [2.24, 2.45) is 0 Å². The molecular weight excluding hydrogens is 344 g/mol. The fourth-order valence-electron chi connectivity index (χ4n) is 2.42. The van der Waals surface area contributed by atoms with Gasteiger partial charge in [0.1, 0.15) is 5.82 Å². The summed E-state index contributed by atoms with van der Waals surface area (Å²) in [5.41, 5.74) is 1.14. The van der Waals surface area contributed by atoms with Gasteiger partial charge in [0.25, 0.3) is 5.91 Å². The van der Waals surface area contributed by atoms with Crippen molar-refractivity contribution in [2.45, 2.75) is 13.3 Å². The SMILES string of the molecule is CCOC(=O)c1ccccc1NC(=O)c1ccc(NCCCN(C)C)nc1. The molecule has 1 aromatic heterocycles. The monoisotopic (exact) mass is 370 g/mol. The maximum absolute atomic E-state index is 12.5. The average Bonchev–Trinajstić information content (AvgIpc) is 2.66. The number of anilines is 2. The quantitative estimate of drug-likeness (QED) is 0.522. The highest BCUT2D eigenvalue weighted by Gasteiger charge is 2.15. The predicted molar refractivity (Wildman–Crippen MR) is 106 cm³/mol. The van der Waals surface area contributed by atoms with Crippen molar-refractivity contribution in [3.05, 3.63) is 53.7 Å². The second kappa shape index (κ2) is 10.3. The molecule has 2 aromatic rings. The molecule has 2 rings (SSSR count). The van der Waals surface area contributed by atoms with E-state index < -0.39 is 5.97 Å². The van der Waals surface area contributed by atoms with E-state index in [-0.39, 0.29) is 12.5 Å². The summed E-state index contributed by atoms with van der Waals surface area (Å²) in [5.74, 6) is -0.0839. The Morgan fingerprint density at radius 2 is 1.93 bits per heavy atom. The molecule has 7 nitrogen and oxygen atoms in total. The van der Waals surface area contributed by atoms with Crippen LogP contribution in [0, 0.1) is 0 Å². The smallest absolute Gasteiger partial charge is 0.340 e. The van der Waals surface area contributed by atoms with Crippen molar-refractivity contribution in [2.75, 3.05) is 44.4 Å². The zero-order valence-corrected chi connectivity index (χ0v) is 16.0. The topological polar surface area (TPSA) is 83.6 Å². The molecule has 0 radical (unpaired) electrons. The minimum atomic E-state index is -0.469. The van der Waals surface area contributed by atoms with Crippen LogP contribution in [-0.2, 0) is 4.74 Å². The Labute approximate surface area is 159 Å². The lowest BCUT2D eigenvalue weighted by Gasteiger charge is -2.11. The van der Waals surface area contributed by atoms with Gasteiger partial charge < -0.3 is 20.3 Å². The lowest BCUT2D eigenvalue weighted by molar-refractivity contribution is 0.0527. The highest BCUT2D eigenvalue weighted by atomic mass is 16.5. The van der Waals surface area contributed by atoms with Crippen molar-refractivity contribution < 1.29 is 14.3 Å². The summed E-state index contributed by atoms with van der Waals surface area (Å²) in [6, 6.07) is 10.2. The molecule has 1 aromatic carbocycles. The van der Waals surface area contributed by atoms with E-state index in [4.69, 9.17) is 4.74 Å². The van der Waals surface area contributed by atoms with E-state index in [2.05, 4.69) is 20.5 Å². The molecule has 0 atom stereocenters. The van der Waals surface area contributed by atoms with Crippen LogP contribution >= 0.6 is 0 Å². The molecule has 0 unspecified atom stereocenters. The maximum Gasteiger partial charge on any atom is 0.340 e. The van der Waals surface area contributed by atoms with Gasteiger partial charge in [0.05, 0.1) is 23.4 Å². The fraction of sp³-hybridized carbons (Fsp3) is 0.350. The number of amides is 1. The fourth-order valence-corrected chi connectivity index (χ4v) is 2.42. The molecule has 0 aliphatic heterocycles. The number of carbonyl (C=O) groups excluding carboxylic acids is 2. The number of nitrogens with zero attached hydrogens (tertiary/aromatic N) is 2. The number of hydrogen-bond donors (Lipinski definition) is 2. The third-order valence-electron chi connectivity index (χ3n) is 3.78. The zero-order chi connectivity index (χ0) is 19.6. The van der Waals surface area contributed by atoms with Crippen LogP contribution in [0.25, 0.3) is 0 Å². The van der Waals surface area contributed by atoms with Crippen LogP contribution in [0.5, 0.6) is 0 Å². The lowest BCUT2D eigenvalue weighted by atomic mass is 10.1. The second-order valence-electron chi connectivity index (χ2n) is 6.24. The first kappa shape index (κ1) is 20.4. The van der Waals surface area contributed by atoms with Crippen LogP contribution in [0.3, 0.4) is 0 Å². The Morgan fingerprint density at radius 1 is 1.15 bits per heavy atom. The molecule has 0 bridgehead atoms. The average molecular weight is 370 g/mol. The molecule has 2 N–H and O–H groups in total. The molecule has 0 aliphatic rings. The first-order valence-corrected chi connectivity index (χ1v) is 8.93. The van der Waals surface area contributed by atoms with Gasteiger partial charge in [-0.25, -0.2) is 9.78 Å². The first-order valence-electron chi connectivity index (χ1n) is 8.93. The second-order valence-corrected chi connectivity index (χ2v) is 6.24. The summed E-state index contributed by atoms with van der Waals surface area (Å²) in [6.45, 7) is 3.81. The molecule has 27 heavy (non-hydrogen) atoms. The van der Waals surface area contributed by atoms with Crippen LogP contribution in [0.1, 0.15) is 34.1 Å². The van der Waals surface area contributed by atoms with Crippen LogP contribution in [0.2, 0.25) is 0 Å². The Balaban J connectivity index is 1.97. The van der Waals surface area contributed by atoms with E-state index in [0.717, 1.165) is 25.3 Å². The van der Waals surface area contributed by atoms with Crippen molar-refractivity contribution >= 4 is 23.4 Å². The van der Waals surface area contributed by atoms with E-state index in [1.54, 1.807) is 43.3 Å². The third kappa shape index (κ3) is 6.38. The van der Waals surface area contributed by atoms with Crippen LogP contribution < -0.4 is 10.6 Å². The number of aromatic nitrogens is 1. The molecule has 1 heterocycles. The number of carbonyl (C=O) groups is 2. The van der Waals surface area contributed by atoms with Crippen molar-refractivity contribution in [1.82, 2.24) is 9.88 Å². The minimum absolute atomic E-state index is 0.272. The number of nitrogens with one attached hydrogen (secondary N) is 2. The third-order valence-corrected chi connectivity index (χ3v) is 3.78. The summed E-state index contributed by atoms with van der Waals surface area (Å²) >= 11 is 0. The van der Waals surface area contributed by atoms with Gasteiger partial charge in [-0.05, 0) is 58.3 Å². The number of rotatable bonds is 9. The van der Waals surface area contributed by atoms with Gasteiger partial charge >= 0.3 is 5.97 Å². The minimum Gasteiger partial charge on any atom is -0.462 e. The van der Waals surface area contributed by atoms with Gasteiger partial charge in [-0.15, -0.1) is 0 Å². The maximum atomic E-state index is 12.5. The Kier molecular flexibility index (Phi) is 7.76. The number of benzene rings is 1. The van der Waals surface area contributed by atoms with E-state index in [9.17, 15) is 9.59 Å². The number of pyridine rings is 1. The zero-order valence-electron chi connectivity index (χ0n) is 16.0. The normalized spacial score (nSPS) is 10.5. The standard InChI is InChI=1S/C20H26N4O3/c1-4-27-20(26)16-8-5-6-9-17(16)23-19(25)15-10-11-18(22-14-15)21-12-7-13-24(2)3/h5-6,8-11,14H,4,7,12-13H2,1-3H3,(H,21,22)(H,23,25). The van der Waals surface area contributed by atoms with E-state index >= 15 is 0 Å². The van der Waals surface area contributed by atoms with E-state index in [1.165, 1.54) is 6.20 Å². The molecule has 7 heteroatoms. The molecule has 0 aliphatic carbocycles. The van der Waals surface area contributed by atoms with Crippen molar-refractivity contribution in [3.63, 3.8) is 0 Å². The molecule has 0 fully saturated rings. The van der Waals surface area contributed by atoms with Gasteiger partial charge in [0.2, 0.25) is 0 Å². The Bertz CT molecular complexity index is 760. The summed E-state index contributed by atoms with van der Waals surface area (Å²) < 4.78 is 5.02. The summed E-state index contributed by atoms with van der Waals surface area (Å²) in [7, 11) is 4.07. The first-order chi connectivity index (χ1) is 13.0. The van der Waals surface area contributed by atoms with Gasteiger partial charge in [-0.3, -0.25) is 4.79 Å². The number of hydrogen-bond acceptors (Lipinski definition) is 6. The van der Waals surface area contributed by atoms with Gasteiger partial charge in [0.15, 0.2) is 0 Å². The highest BCUT2D eigenvalue weighted by Crippen LogP contribution is 2.17. The van der Waals surface area contributed by atoms with Crippen molar-refractivity contribution in [1.29, 1.82) is 0 Å². The van der Waals surface area contributed by atoms with E-state index in [0.29, 0.717) is 16.8 Å². The van der Waals surface area contributed by atoms with Gasteiger partial charge in [-0.1, -0.05) is 12.1 Å².